The van der Waals surface area contributed by atoms with Crippen LogP contribution in [0, 0.1) is 0 Å². The predicted octanol–water partition coefficient (Wildman–Crippen LogP) is 28.0. The summed E-state index contributed by atoms with van der Waals surface area (Å²) in [6.07, 6.45) is 0. The monoisotopic (exact) mass is 1510 g/mol. The summed E-state index contributed by atoms with van der Waals surface area (Å²) in [5, 5.41) is 16.6. The molecule has 118 heavy (non-hydrogen) atoms. The molecule has 8 heteroatoms. The summed E-state index contributed by atoms with van der Waals surface area (Å²) in [5.74, 6) is 1.61. The van der Waals surface area contributed by atoms with Gasteiger partial charge in [0.1, 0.15) is 32.8 Å². The molecule has 24 aromatic rings. The van der Waals surface area contributed by atoms with Gasteiger partial charge in [0.05, 0.1) is 32.9 Å². The van der Waals surface area contributed by atoms with Gasteiger partial charge in [-0.2, -0.15) is 0 Å². The van der Waals surface area contributed by atoms with Crippen LogP contribution < -0.4 is 0 Å². The molecule has 0 atom stereocenters. The third-order valence-electron chi connectivity index (χ3n) is 26.4. The van der Waals surface area contributed by atoms with Crippen LogP contribution in [0.2, 0.25) is 0 Å². The molecule has 0 fully saturated rings. The number of fused-ring (bicyclic) bond motifs is 38. The average Bonchev–Trinajstić information content (AvgIpc) is 1.51. The van der Waals surface area contributed by atoms with Crippen molar-refractivity contribution in [1.82, 2.24) is 29.1 Å². The summed E-state index contributed by atoms with van der Waals surface area (Å²) in [5.41, 5.74) is 31.0. The first-order valence-electron chi connectivity index (χ1n) is 40.5. The van der Waals surface area contributed by atoms with Crippen molar-refractivity contribution in [3.05, 3.63) is 421 Å². The molecule has 0 saturated heterocycles. The van der Waals surface area contributed by atoms with Gasteiger partial charge < -0.3 is 4.42 Å². The Morgan fingerprint density at radius 2 is 0.602 bits per heavy atom. The lowest BCUT2D eigenvalue weighted by molar-refractivity contribution is 0.653. The highest BCUT2D eigenvalue weighted by molar-refractivity contribution is 7.25. The van der Waals surface area contributed by atoms with E-state index in [-0.39, 0.29) is 0 Å². The number of para-hydroxylation sites is 1. The van der Waals surface area contributed by atoms with E-state index in [1.54, 1.807) is 11.3 Å². The fourth-order valence-corrected chi connectivity index (χ4v) is 22.6. The second kappa shape index (κ2) is 23.7. The molecule has 0 radical (unpaired) electrons. The van der Waals surface area contributed by atoms with Crippen molar-refractivity contribution in [3.8, 4) is 78.7 Å². The summed E-state index contributed by atoms with van der Waals surface area (Å²) >= 11 is 1.72. The van der Waals surface area contributed by atoms with Crippen molar-refractivity contribution in [2.24, 2.45) is 0 Å². The van der Waals surface area contributed by atoms with Crippen molar-refractivity contribution in [2.45, 2.75) is 10.8 Å². The van der Waals surface area contributed by atoms with Crippen molar-refractivity contribution < 1.29 is 4.42 Å². The van der Waals surface area contributed by atoms with Gasteiger partial charge in [-0.15, -0.1) is 11.3 Å². The van der Waals surface area contributed by atoms with Gasteiger partial charge in [0, 0.05) is 48.1 Å². The first-order chi connectivity index (χ1) is 58.5. The molecule has 0 amide bonds. The minimum absolute atomic E-state index is 0.406. The molecule has 0 saturated carbocycles. The van der Waals surface area contributed by atoms with Crippen LogP contribution in [0.5, 0.6) is 0 Å². The Morgan fingerprint density at radius 3 is 1.07 bits per heavy atom. The molecule has 544 valence electrons. The van der Waals surface area contributed by atoms with Gasteiger partial charge >= 0.3 is 0 Å². The highest BCUT2D eigenvalue weighted by Crippen LogP contribution is 2.65. The fraction of sp³-hybridized carbons (Fsp3) is 0.0182. The molecular weight excluding hydrogens is 1450 g/mol. The molecule has 6 heterocycles. The quantitative estimate of drug-likeness (QED) is 0.176. The Bertz CT molecular complexity index is 8040. The zero-order valence-electron chi connectivity index (χ0n) is 63.3. The van der Waals surface area contributed by atoms with Gasteiger partial charge in [0.15, 0.2) is 11.6 Å². The van der Waals surface area contributed by atoms with E-state index < -0.39 is 10.8 Å². The lowest BCUT2D eigenvalue weighted by atomic mass is 9.70. The maximum absolute atomic E-state index is 6.50. The van der Waals surface area contributed by atoms with Crippen LogP contribution in [-0.2, 0) is 10.8 Å². The minimum Gasteiger partial charge on any atom is -0.436 e. The molecule has 2 spiro atoms. The van der Waals surface area contributed by atoms with Crippen LogP contribution >= 0.6 is 11.3 Å². The topological polar surface area (TPSA) is 74.6 Å². The van der Waals surface area contributed by atoms with Gasteiger partial charge in [-0.25, -0.2) is 19.9 Å². The Hall–Kier alpha value is -15.2. The van der Waals surface area contributed by atoms with E-state index in [0.29, 0.717) is 5.71 Å². The molecule has 0 bridgehead atoms. The van der Waals surface area contributed by atoms with Crippen LogP contribution in [0.3, 0.4) is 0 Å². The zero-order valence-corrected chi connectivity index (χ0v) is 64.1. The van der Waals surface area contributed by atoms with Crippen LogP contribution in [0.15, 0.2) is 381 Å². The van der Waals surface area contributed by atoms with Crippen molar-refractivity contribution in [1.29, 1.82) is 0 Å². The second-order valence-corrected chi connectivity index (χ2v) is 33.1. The number of thiophene rings is 1. The van der Waals surface area contributed by atoms with Crippen molar-refractivity contribution >= 4 is 141 Å². The van der Waals surface area contributed by atoms with E-state index in [1.807, 2.05) is 18.2 Å². The molecule has 4 aliphatic carbocycles. The Morgan fingerprint density at radius 1 is 0.246 bits per heavy atom. The second-order valence-electron chi connectivity index (χ2n) is 32.1. The van der Waals surface area contributed by atoms with Crippen LogP contribution in [0.4, 0.5) is 0 Å². The smallest absolute Gasteiger partial charge is 0.247 e. The Balaban J connectivity index is 0.000000126. The van der Waals surface area contributed by atoms with E-state index in [9.17, 15) is 0 Å². The fourth-order valence-electron chi connectivity index (χ4n) is 21.6. The van der Waals surface area contributed by atoms with E-state index >= 15 is 0 Å². The summed E-state index contributed by atoms with van der Waals surface area (Å²) in [7, 11) is 0. The molecular formula is C110H62N6OS. The number of furan rings is 1. The van der Waals surface area contributed by atoms with Gasteiger partial charge in [0.25, 0.3) is 0 Å². The van der Waals surface area contributed by atoms with Gasteiger partial charge in [0.2, 0.25) is 5.71 Å². The number of nitrogens with zero attached hydrogens (tertiary/aromatic N) is 6. The maximum atomic E-state index is 6.50. The minimum atomic E-state index is -0.427. The molecule has 4 aliphatic rings. The largest absolute Gasteiger partial charge is 0.436 e. The lowest BCUT2D eigenvalue weighted by Gasteiger charge is -2.30. The Kier molecular flexibility index (Phi) is 12.9. The van der Waals surface area contributed by atoms with Gasteiger partial charge in [-0.05, 0) is 199 Å². The number of aromatic nitrogens is 6. The number of rotatable bonds is 4. The number of hydrogen-bond donors (Lipinski definition) is 0. The van der Waals surface area contributed by atoms with Crippen LogP contribution in [0.1, 0.15) is 44.5 Å². The summed E-state index contributed by atoms with van der Waals surface area (Å²) in [4.78, 5) is 23.4. The first-order valence-corrected chi connectivity index (χ1v) is 41.3. The molecule has 0 unspecified atom stereocenters. The number of benzene rings is 18. The van der Waals surface area contributed by atoms with E-state index in [1.165, 1.54) is 158 Å². The SMILES string of the molecule is c1ccc2c(c1)-c1ccccc1C21c2ccccc2-c2cc(-c3nc4oc5ccccc5c4nc3-n3c4cc5ccccc5cc4c4c5ccccc5ccc43)ccc21.c1ccc2c(c1)-c1ccccc1C21c2ccccc2-c2cc(-c3nc4sc5ccccc5c4nc3-n3c4cc5ccccc5cc4c4c5ccccc5ccc43)ccc21. The van der Waals surface area contributed by atoms with Crippen molar-refractivity contribution in [2.75, 3.05) is 0 Å². The Labute approximate surface area is 679 Å². The standard InChI is InChI=1S/C55H31N3O.C55H31N3S/c2*1-2-15-34-31-48-42(29-33(34)14-1)50-36-16-4-3-13-32(36)26-28-47(50)58(48)53-51(57-54-52(56-53)40-20-8-12-24-49(40)59-54)35-25-27-46-41(30-35)39-19-7-11-23-45(39)55(46)43-21-9-5-17-37(43)38-18-6-10-22-44(38)55/h2*1-31H. The molecule has 0 aliphatic heterocycles. The van der Waals surface area contributed by atoms with Crippen LogP contribution in [0.25, 0.3) is 208 Å². The van der Waals surface area contributed by atoms with Gasteiger partial charge in [-0.3, -0.25) is 9.13 Å². The van der Waals surface area contributed by atoms with Crippen molar-refractivity contribution in [3.63, 3.8) is 0 Å². The number of hydrogen-bond acceptors (Lipinski definition) is 6. The van der Waals surface area contributed by atoms with E-state index in [0.717, 1.165) is 88.4 Å². The third-order valence-corrected chi connectivity index (χ3v) is 27.5. The van der Waals surface area contributed by atoms with E-state index in [4.69, 9.17) is 24.4 Å². The highest BCUT2D eigenvalue weighted by atomic mass is 32.1. The van der Waals surface area contributed by atoms with Gasteiger partial charge in [-0.1, -0.05) is 309 Å². The van der Waals surface area contributed by atoms with E-state index in [2.05, 4.69) is 367 Å². The normalized spacial score (nSPS) is 13.6. The lowest BCUT2D eigenvalue weighted by Crippen LogP contribution is -2.25. The zero-order chi connectivity index (χ0) is 76.8. The molecule has 6 aromatic heterocycles. The predicted molar refractivity (Wildman–Crippen MR) is 486 cm³/mol. The summed E-state index contributed by atoms with van der Waals surface area (Å²) in [6, 6.07) is 138. The molecule has 0 N–H and O–H groups in total. The van der Waals surface area contributed by atoms with Crippen LogP contribution in [-0.4, -0.2) is 29.1 Å². The molecule has 7 nitrogen and oxygen atoms in total. The summed E-state index contributed by atoms with van der Waals surface area (Å²) < 4.78 is 12.4. The molecule has 28 rings (SSSR count). The summed E-state index contributed by atoms with van der Waals surface area (Å²) in [6.45, 7) is 0. The average molecular weight is 1520 g/mol. The molecule has 18 aromatic carbocycles. The highest BCUT2D eigenvalue weighted by Gasteiger charge is 2.53. The third kappa shape index (κ3) is 8.44. The first kappa shape index (κ1) is 64.2. The maximum Gasteiger partial charge on any atom is 0.247 e.